The van der Waals surface area contributed by atoms with E-state index >= 15 is 0 Å². The minimum atomic E-state index is -0.839. The summed E-state index contributed by atoms with van der Waals surface area (Å²) in [5.41, 5.74) is 1.37. The third-order valence-electron chi connectivity index (χ3n) is 2.07. The van der Waals surface area contributed by atoms with Gasteiger partial charge in [-0.3, -0.25) is 0 Å². The van der Waals surface area contributed by atoms with Crippen LogP contribution in [-0.2, 0) is 16.0 Å². The van der Waals surface area contributed by atoms with Crippen LogP contribution in [0.25, 0.3) is 0 Å². The summed E-state index contributed by atoms with van der Waals surface area (Å²) >= 11 is 0. The number of esters is 1. The lowest BCUT2D eigenvalue weighted by Crippen LogP contribution is -2.17. The van der Waals surface area contributed by atoms with Crippen LogP contribution in [0.4, 0.5) is 0 Å². The topological polar surface area (TPSA) is 73.9 Å². The van der Waals surface area contributed by atoms with E-state index in [1.54, 1.807) is 24.3 Å². The van der Waals surface area contributed by atoms with E-state index in [9.17, 15) is 4.79 Å². The summed E-state index contributed by atoms with van der Waals surface area (Å²) in [4.78, 5) is 10.9. The summed E-state index contributed by atoms with van der Waals surface area (Å²) in [5.74, 6) is -0.620. The van der Waals surface area contributed by atoms with Gasteiger partial charge in [0.15, 0.2) is 6.10 Å². The monoisotopic (exact) mass is 226 g/mol. The molecule has 0 aromatic heterocycles. The fraction of sp³-hybridized carbons (Fsp3) is 0.154. The molecule has 0 aliphatic rings. The number of ether oxygens (including phenoxy) is 1. The van der Waals surface area contributed by atoms with Crippen LogP contribution in [0.5, 0.6) is 0 Å². The van der Waals surface area contributed by atoms with Crippen LogP contribution in [-0.4, -0.2) is 12.1 Å². The molecular formula is C13H10N2O2. The summed E-state index contributed by atoms with van der Waals surface area (Å²) < 4.78 is 4.83. The lowest BCUT2D eigenvalue weighted by molar-refractivity contribution is -0.140. The van der Waals surface area contributed by atoms with Crippen molar-refractivity contribution in [3.8, 4) is 12.1 Å². The molecule has 1 aromatic carbocycles. The number of hydrogen-bond acceptors (Lipinski definition) is 4. The molecule has 0 bridgehead atoms. The number of benzene rings is 1. The Balaban J connectivity index is 2.68. The van der Waals surface area contributed by atoms with E-state index in [4.69, 9.17) is 15.3 Å². The highest BCUT2D eigenvalue weighted by atomic mass is 16.5. The van der Waals surface area contributed by atoms with E-state index in [-0.39, 0.29) is 0 Å². The molecule has 0 saturated carbocycles. The van der Waals surface area contributed by atoms with Crippen molar-refractivity contribution in [1.29, 1.82) is 10.5 Å². The fourth-order valence-corrected chi connectivity index (χ4v) is 1.23. The number of rotatable bonds is 4. The van der Waals surface area contributed by atoms with Gasteiger partial charge < -0.3 is 4.74 Å². The van der Waals surface area contributed by atoms with Crippen LogP contribution < -0.4 is 0 Å². The van der Waals surface area contributed by atoms with Crippen molar-refractivity contribution in [2.45, 2.75) is 12.5 Å². The highest BCUT2D eigenvalue weighted by Gasteiger charge is 2.12. The molecule has 0 aliphatic heterocycles. The van der Waals surface area contributed by atoms with Crippen molar-refractivity contribution in [2.24, 2.45) is 0 Å². The number of nitriles is 2. The van der Waals surface area contributed by atoms with Gasteiger partial charge in [-0.2, -0.15) is 10.5 Å². The molecule has 0 saturated heterocycles. The molecule has 4 nitrogen and oxygen atoms in total. The van der Waals surface area contributed by atoms with E-state index in [0.717, 1.165) is 11.6 Å². The van der Waals surface area contributed by atoms with Crippen molar-refractivity contribution in [2.75, 3.05) is 0 Å². The normalized spacial score (nSPS) is 10.7. The minimum absolute atomic E-state index is 0.293. The van der Waals surface area contributed by atoms with Gasteiger partial charge in [0.1, 0.15) is 6.07 Å². The summed E-state index contributed by atoms with van der Waals surface area (Å²) in [5, 5.41) is 17.4. The Hall–Kier alpha value is -2.59. The molecule has 0 amide bonds. The molecule has 0 radical (unpaired) electrons. The molecule has 1 unspecified atom stereocenters. The average molecular weight is 226 g/mol. The summed E-state index contributed by atoms with van der Waals surface area (Å²) in [6.07, 6.45) is 0.471. The first-order valence-corrected chi connectivity index (χ1v) is 4.91. The van der Waals surface area contributed by atoms with Crippen molar-refractivity contribution in [3.63, 3.8) is 0 Å². The molecule has 17 heavy (non-hydrogen) atoms. The van der Waals surface area contributed by atoms with Crippen LogP contribution in [0.2, 0.25) is 0 Å². The number of nitrogens with zero attached hydrogens (tertiary/aromatic N) is 2. The fourth-order valence-electron chi connectivity index (χ4n) is 1.23. The van der Waals surface area contributed by atoms with Gasteiger partial charge >= 0.3 is 5.97 Å². The molecule has 1 atom stereocenters. The molecule has 84 valence electrons. The Labute approximate surface area is 99.4 Å². The first-order chi connectivity index (χ1) is 8.19. The highest BCUT2D eigenvalue weighted by Crippen LogP contribution is 2.08. The predicted molar refractivity (Wildman–Crippen MR) is 60.6 cm³/mol. The molecule has 0 aliphatic carbocycles. The molecule has 1 aromatic rings. The Morgan fingerprint density at radius 3 is 2.53 bits per heavy atom. The Bertz CT molecular complexity index is 492. The summed E-state index contributed by atoms with van der Waals surface area (Å²) in [7, 11) is 0. The van der Waals surface area contributed by atoms with Gasteiger partial charge in [0.05, 0.1) is 11.6 Å². The second-order valence-corrected chi connectivity index (χ2v) is 3.27. The van der Waals surface area contributed by atoms with Crippen molar-refractivity contribution < 1.29 is 9.53 Å². The lowest BCUT2D eigenvalue weighted by Gasteiger charge is -2.09. The molecule has 0 heterocycles. The van der Waals surface area contributed by atoms with Crippen LogP contribution in [0, 0.1) is 22.7 Å². The maximum absolute atomic E-state index is 10.9. The van der Waals surface area contributed by atoms with E-state index in [2.05, 4.69) is 6.58 Å². The molecular weight excluding hydrogens is 216 g/mol. The standard InChI is InChI=1S/C13H10N2O2/c1-2-13(16)17-12(9-15)7-10-3-5-11(8-14)6-4-10/h2-6,12H,1,7H2. The van der Waals surface area contributed by atoms with Crippen LogP contribution in [0.3, 0.4) is 0 Å². The molecule has 0 fully saturated rings. The van der Waals surface area contributed by atoms with Crippen molar-refractivity contribution in [1.82, 2.24) is 0 Å². The largest absolute Gasteiger partial charge is 0.443 e. The van der Waals surface area contributed by atoms with Crippen molar-refractivity contribution >= 4 is 5.97 Å². The van der Waals surface area contributed by atoms with Gasteiger partial charge in [0, 0.05) is 12.5 Å². The number of carbonyl (C=O) groups excluding carboxylic acids is 1. The number of carbonyl (C=O) groups is 1. The van der Waals surface area contributed by atoms with E-state index in [1.165, 1.54) is 0 Å². The number of hydrogen-bond donors (Lipinski definition) is 0. The zero-order valence-corrected chi connectivity index (χ0v) is 9.09. The Morgan fingerprint density at radius 2 is 2.06 bits per heavy atom. The second kappa shape index (κ2) is 6.09. The zero-order valence-electron chi connectivity index (χ0n) is 9.09. The second-order valence-electron chi connectivity index (χ2n) is 3.27. The Morgan fingerprint density at radius 1 is 1.41 bits per heavy atom. The van der Waals surface area contributed by atoms with Crippen LogP contribution in [0.15, 0.2) is 36.9 Å². The predicted octanol–water partition coefficient (Wildman–Crippen LogP) is 1.72. The zero-order chi connectivity index (χ0) is 12.7. The van der Waals surface area contributed by atoms with Gasteiger partial charge in [0.25, 0.3) is 0 Å². The third kappa shape index (κ3) is 3.81. The van der Waals surface area contributed by atoms with Gasteiger partial charge in [-0.05, 0) is 17.7 Å². The molecule has 1 rings (SSSR count). The van der Waals surface area contributed by atoms with E-state index in [0.29, 0.717) is 12.0 Å². The van der Waals surface area contributed by atoms with Crippen LogP contribution >= 0.6 is 0 Å². The lowest BCUT2D eigenvalue weighted by atomic mass is 10.1. The smallest absolute Gasteiger partial charge is 0.331 e. The van der Waals surface area contributed by atoms with E-state index < -0.39 is 12.1 Å². The van der Waals surface area contributed by atoms with Gasteiger partial charge in [-0.1, -0.05) is 18.7 Å². The maximum atomic E-state index is 10.9. The SMILES string of the molecule is C=CC(=O)OC(C#N)Cc1ccc(C#N)cc1. The first-order valence-electron chi connectivity index (χ1n) is 4.91. The molecule has 0 N–H and O–H groups in total. The first kappa shape index (κ1) is 12.5. The third-order valence-corrected chi connectivity index (χ3v) is 2.07. The highest BCUT2D eigenvalue weighted by molar-refractivity contribution is 5.81. The Kier molecular flexibility index (Phi) is 4.47. The summed E-state index contributed by atoms with van der Waals surface area (Å²) in [6, 6.07) is 10.6. The van der Waals surface area contributed by atoms with E-state index in [1.807, 2.05) is 12.1 Å². The van der Waals surface area contributed by atoms with Gasteiger partial charge in [0.2, 0.25) is 0 Å². The van der Waals surface area contributed by atoms with Gasteiger partial charge in [-0.15, -0.1) is 0 Å². The quantitative estimate of drug-likeness (QED) is 0.578. The molecule has 0 spiro atoms. The summed E-state index contributed by atoms with van der Waals surface area (Å²) in [6.45, 7) is 3.26. The van der Waals surface area contributed by atoms with Crippen molar-refractivity contribution in [3.05, 3.63) is 48.0 Å². The van der Waals surface area contributed by atoms with Crippen LogP contribution in [0.1, 0.15) is 11.1 Å². The minimum Gasteiger partial charge on any atom is -0.443 e. The molecule has 4 heteroatoms. The maximum Gasteiger partial charge on any atom is 0.331 e. The van der Waals surface area contributed by atoms with Gasteiger partial charge in [-0.25, -0.2) is 4.79 Å². The average Bonchev–Trinajstić information content (AvgIpc) is 2.38.